The molecule has 0 saturated heterocycles. The highest BCUT2D eigenvalue weighted by Gasteiger charge is 2.07. The maximum atomic E-state index is 5.94. The second-order valence-electron chi connectivity index (χ2n) is 4.62. The van der Waals surface area contributed by atoms with Crippen molar-refractivity contribution in [1.29, 1.82) is 0 Å². The fourth-order valence-electron chi connectivity index (χ4n) is 1.82. The van der Waals surface area contributed by atoms with Gasteiger partial charge in [0.1, 0.15) is 11.5 Å². The van der Waals surface area contributed by atoms with Crippen LogP contribution in [0.5, 0.6) is 11.5 Å². The van der Waals surface area contributed by atoms with Crippen LogP contribution < -0.4 is 10.1 Å². The number of hydrogen-bond donors (Lipinski definition) is 1. The zero-order valence-corrected chi connectivity index (χ0v) is 16.4. The fourth-order valence-corrected chi connectivity index (χ4v) is 3.46. The van der Waals surface area contributed by atoms with Crippen LogP contribution in [0, 0.1) is 0 Å². The number of ether oxygens (including phenoxy) is 1. The Labute approximate surface area is 150 Å². The zero-order valence-electron chi connectivity index (χ0n) is 11.6. The van der Waals surface area contributed by atoms with E-state index in [0.717, 1.165) is 44.4 Å². The van der Waals surface area contributed by atoms with E-state index in [2.05, 4.69) is 72.2 Å². The average Bonchev–Trinajstić information content (AvgIpc) is 2.44. The molecule has 0 heterocycles. The van der Waals surface area contributed by atoms with E-state index in [1.165, 1.54) is 5.56 Å². The van der Waals surface area contributed by atoms with Gasteiger partial charge in [-0.15, -0.1) is 0 Å². The maximum Gasteiger partial charge on any atom is 0.141 e. The Hall–Kier alpha value is -0.360. The molecule has 1 N–H and O–H groups in total. The molecule has 2 aromatic rings. The number of benzene rings is 2. The minimum absolute atomic E-state index is 0.788. The molecule has 0 aliphatic carbocycles. The van der Waals surface area contributed by atoms with E-state index in [1.54, 1.807) is 0 Å². The lowest BCUT2D eigenvalue weighted by atomic mass is 10.2. The molecule has 0 amide bonds. The van der Waals surface area contributed by atoms with Crippen LogP contribution in [-0.4, -0.2) is 6.54 Å². The molecule has 5 heteroatoms. The van der Waals surface area contributed by atoms with Gasteiger partial charge in [0.05, 0.1) is 8.95 Å². The number of halogens is 3. The van der Waals surface area contributed by atoms with Crippen LogP contribution in [0.15, 0.2) is 49.8 Å². The Morgan fingerprint density at radius 2 is 1.62 bits per heavy atom. The van der Waals surface area contributed by atoms with Crippen molar-refractivity contribution in [3.63, 3.8) is 0 Å². The molecule has 0 saturated carbocycles. The minimum atomic E-state index is 0.788. The minimum Gasteiger partial charge on any atom is -0.455 e. The quantitative estimate of drug-likeness (QED) is 0.495. The molecule has 0 radical (unpaired) electrons. The van der Waals surface area contributed by atoms with Gasteiger partial charge in [-0.2, -0.15) is 0 Å². The van der Waals surface area contributed by atoms with Gasteiger partial charge in [0, 0.05) is 11.0 Å². The molecule has 2 rings (SSSR count). The highest BCUT2D eigenvalue weighted by Crippen LogP contribution is 2.35. The highest BCUT2D eigenvalue weighted by atomic mass is 79.9. The summed E-state index contributed by atoms with van der Waals surface area (Å²) in [6.45, 7) is 4.06. The lowest BCUT2D eigenvalue weighted by Crippen LogP contribution is -2.13. The number of nitrogens with one attached hydrogen (secondary N) is 1. The summed E-state index contributed by atoms with van der Waals surface area (Å²) in [6, 6.07) is 12.0. The van der Waals surface area contributed by atoms with Gasteiger partial charge in [0.15, 0.2) is 0 Å². The number of hydrogen-bond acceptors (Lipinski definition) is 2. The molecule has 2 aromatic carbocycles. The van der Waals surface area contributed by atoms with Gasteiger partial charge in [-0.05, 0) is 80.7 Å². The standard InChI is InChI=1S/C16H16Br3NO/c1-2-7-20-10-11-3-5-15(13(18)8-11)21-16-6-4-12(17)9-14(16)19/h3-6,8-9,20H,2,7,10H2,1H3. The third-order valence-corrected chi connectivity index (χ3v) is 4.60. The van der Waals surface area contributed by atoms with E-state index < -0.39 is 0 Å². The first-order chi connectivity index (χ1) is 10.1. The van der Waals surface area contributed by atoms with E-state index in [1.807, 2.05) is 24.3 Å². The molecule has 21 heavy (non-hydrogen) atoms. The topological polar surface area (TPSA) is 21.3 Å². The molecule has 0 atom stereocenters. The molecule has 0 spiro atoms. The van der Waals surface area contributed by atoms with Gasteiger partial charge < -0.3 is 10.1 Å². The summed E-state index contributed by atoms with van der Waals surface area (Å²) < 4.78 is 8.82. The summed E-state index contributed by atoms with van der Waals surface area (Å²) in [5, 5.41) is 3.39. The van der Waals surface area contributed by atoms with Crippen molar-refractivity contribution in [3.05, 3.63) is 55.4 Å². The predicted octanol–water partition coefficient (Wildman–Crippen LogP) is 6.27. The van der Waals surface area contributed by atoms with Crippen LogP contribution >= 0.6 is 47.8 Å². The molecular weight excluding hydrogens is 462 g/mol. The molecule has 0 fully saturated rings. The molecular formula is C16H16Br3NO. The van der Waals surface area contributed by atoms with Crippen LogP contribution in [0.1, 0.15) is 18.9 Å². The van der Waals surface area contributed by atoms with Crippen LogP contribution in [0.25, 0.3) is 0 Å². The normalized spacial score (nSPS) is 10.7. The van der Waals surface area contributed by atoms with E-state index in [9.17, 15) is 0 Å². The molecule has 0 aromatic heterocycles. The molecule has 2 nitrogen and oxygen atoms in total. The predicted molar refractivity (Wildman–Crippen MR) is 98.1 cm³/mol. The third-order valence-electron chi connectivity index (χ3n) is 2.87. The molecule has 0 aliphatic heterocycles. The molecule has 112 valence electrons. The Bertz CT molecular complexity index is 616. The summed E-state index contributed by atoms with van der Waals surface area (Å²) in [5.74, 6) is 1.59. The Morgan fingerprint density at radius 3 is 2.24 bits per heavy atom. The Kier molecular flexibility index (Phi) is 6.74. The second kappa shape index (κ2) is 8.32. The van der Waals surface area contributed by atoms with Crippen molar-refractivity contribution in [2.45, 2.75) is 19.9 Å². The maximum absolute atomic E-state index is 5.94. The second-order valence-corrected chi connectivity index (χ2v) is 7.24. The van der Waals surface area contributed by atoms with Crippen molar-refractivity contribution >= 4 is 47.8 Å². The van der Waals surface area contributed by atoms with Gasteiger partial charge in [0.25, 0.3) is 0 Å². The van der Waals surface area contributed by atoms with Crippen LogP contribution in [0.3, 0.4) is 0 Å². The Morgan fingerprint density at radius 1 is 0.952 bits per heavy atom. The van der Waals surface area contributed by atoms with Gasteiger partial charge in [-0.3, -0.25) is 0 Å². The SMILES string of the molecule is CCCNCc1ccc(Oc2ccc(Br)cc2Br)c(Br)c1. The van der Waals surface area contributed by atoms with Crippen molar-refractivity contribution in [1.82, 2.24) is 5.32 Å². The van der Waals surface area contributed by atoms with Crippen molar-refractivity contribution in [2.75, 3.05) is 6.54 Å². The van der Waals surface area contributed by atoms with Crippen LogP contribution in [-0.2, 0) is 6.54 Å². The van der Waals surface area contributed by atoms with Crippen LogP contribution in [0.2, 0.25) is 0 Å². The van der Waals surface area contributed by atoms with Crippen molar-refractivity contribution in [3.8, 4) is 11.5 Å². The van der Waals surface area contributed by atoms with E-state index in [4.69, 9.17) is 4.74 Å². The highest BCUT2D eigenvalue weighted by molar-refractivity contribution is 9.11. The summed E-state index contributed by atoms with van der Waals surface area (Å²) in [5.41, 5.74) is 1.23. The lowest BCUT2D eigenvalue weighted by Gasteiger charge is -2.11. The van der Waals surface area contributed by atoms with Gasteiger partial charge in [-0.1, -0.05) is 28.9 Å². The Balaban J connectivity index is 2.10. The first-order valence-electron chi connectivity index (χ1n) is 6.72. The van der Waals surface area contributed by atoms with E-state index in [-0.39, 0.29) is 0 Å². The summed E-state index contributed by atoms with van der Waals surface area (Å²) in [7, 11) is 0. The third kappa shape index (κ3) is 5.09. The van der Waals surface area contributed by atoms with E-state index >= 15 is 0 Å². The largest absolute Gasteiger partial charge is 0.455 e. The molecule has 0 bridgehead atoms. The van der Waals surface area contributed by atoms with Gasteiger partial charge >= 0.3 is 0 Å². The van der Waals surface area contributed by atoms with Crippen LogP contribution in [0.4, 0.5) is 0 Å². The van der Waals surface area contributed by atoms with Crippen molar-refractivity contribution in [2.24, 2.45) is 0 Å². The van der Waals surface area contributed by atoms with Crippen molar-refractivity contribution < 1.29 is 4.74 Å². The zero-order chi connectivity index (χ0) is 15.2. The average molecular weight is 478 g/mol. The molecule has 0 aliphatic rings. The summed E-state index contributed by atoms with van der Waals surface area (Å²) in [4.78, 5) is 0. The fraction of sp³-hybridized carbons (Fsp3) is 0.250. The van der Waals surface area contributed by atoms with E-state index in [0.29, 0.717) is 0 Å². The summed E-state index contributed by atoms with van der Waals surface area (Å²) >= 11 is 10.5. The first-order valence-corrected chi connectivity index (χ1v) is 9.10. The van der Waals surface area contributed by atoms with Gasteiger partial charge in [0.2, 0.25) is 0 Å². The summed E-state index contributed by atoms with van der Waals surface area (Å²) in [6.07, 6.45) is 1.14. The molecule has 0 unspecified atom stereocenters. The smallest absolute Gasteiger partial charge is 0.141 e. The first kappa shape index (κ1) is 17.0. The number of rotatable bonds is 6. The monoisotopic (exact) mass is 475 g/mol. The lowest BCUT2D eigenvalue weighted by molar-refractivity contribution is 0.476. The van der Waals surface area contributed by atoms with Gasteiger partial charge in [-0.25, -0.2) is 0 Å².